The Bertz CT molecular complexity index is 951. The van der Waals surface area contributed by atoms with Gasteiger partial charge in [0.05, 0.1) is 5.92 Å². The number of rotatable bonds is 9. The highest BCUT2D eigenvalue weighted by molar-refractivity contribution is 5.74. The van der Waals surface area contributed by atoms with Gasteiger partial charge in [0.2, 0.25) is 0 Å². The Morgan fingerprint density at radius 3 is 1.85 bits per heavy atom. The Kier molecular flexibility index (Phi) is 8.79. The average molecular weight is 453 g/mol. The molecule has 0 spiro atoms. The van der Waals surface area contributed by atoms with Gasteiger partial charge in [-0.15, -0.1) is 0 Å². The number of carbonyl (C=O) groups is 1. The van der Waals surface area contributed by atoms with E-state index in [2.05, 4.69) is 79.7 Å². The molecule has 3 nitrogen and oxygen atoms in total. The van der Waals surface area contributed by atoms with Crippen LogP contribution >= 0.6 is 0 Å². The van der Waals surface area contributed by atoms with Crippen LogP contribution in [0.4, 0.5) is 0 Å². The third kappa shape index (κ3) is 7.09. The lowest BCUT2D eigenvalue weighted by molar-refractivity contribution is -0.137. The second kappa shape index (κ2) is 10.8. The van der Waals surface area contributed by atoms with Crippen LogP contribution in [0.2, 0.25) is 0 Å². The standard InChI is InChI=1S/C30H44O3/c1-11-21(4)16-17-30(10,27-15-13-25(19-23(27)6)33-29(7,8)9)26-14-12-24(18-22(26)5)32-28(31)20(2)3/h12-15,18-21H,11,16-17H2,1-10H3. The fraction of sp³-hybridized carbons (Fsp3) is 0.567. The summed E-state index contributed by atoms with van der Waals surface area (Å²) in [7, 11) is 0. The Hall–Kier alpha value is -2.29. The van der Waals surface area contributed by atoms with E-state index in [-0.39, 0.29) is 22.9 Å². The number of carbonyl (C=O) groups excluding carboxylic acids is 1. The van der Waals surface area contributed by atoms with Crippen LogP contribution < -0.4 is 9.47 Å². The van der Waals surface area contributed by atoms with Gasteiger partial charge in [0, 0.05) is 5.41 Å². The zero-order valence-corrected chi connectivity index (χ0v) is 22.5. The Morgan fingerprint density at radius 1 is 0.879 bits per heavy atom. The summed E-state index contributed by atoms with van der Waals surface area (Å²) in [5.41, 5.74) is 4.60. The first-order valence-electron chi connectivity index (χ1n) is 12.4. The molecule has 2 aromatic carbocycles. The lowest BCUT2D eigenvalue weighted by Gasteiger charge is -2.35. The minimum absolute atomic E-state index is 0.151. The van der Waals surface area contributed by atoms with Crippen molar-refractivity contribution in [2.24, 2.45) is 11.8 Å². The van der Waals surface area contributed by atoms with Crippen molar-refractivity contribution in [2.45, 2.75) is 99.5 Å². The van der Waals surface area contributed by atoms with Gasteiger partial charge in [-0.25, -0.2) is 0 Å². The van der Waals surface area contributed by atoms with Crippen molar-refractivity contribution in [2.75, 3.05) is 0 Å². The van der Waals surface area contributed by atoms with E-state index in [0.29, 0.717) is 11.7 Å². The Morgan fingerprint density at radius 2 is 1.39 bits per heavy atom. The monoisotopic (exact) mass is 452 g/mol. The lowest BCUT2D eigenvalue weighted by Crippen LogP contribution is -2.27. The first-order valence-corrected chi connectivity index (χ1v) is 12.4. The molecule has 0 saturated heterocycles. The topological polar surface area (TPSA) is 35.5 Å². The molecule has 182 valence electrons. The molecule has 0 saturated carbocycles. The molecule has 0 bridgehead atoms. The maximum atomic E-state index is 12.1. The smallest absolute Gasteiger partial charge is 0.313 e. The van der Waals surface area contributed by atoms with E-state index in [1.807, 2.05) is 26.0 Å². The molecule has 0 amide bonds. The second-order valence-electron chi connectivity index (χ2n) is 11.1. The molecule has 2 atom stereocenters. The highest BCUT2D eigenvalue weighted by Crippen LogP contribution is 2.42. The van der Waals surface area contributed by atoms with Crippen LogP contribution in [0.1, 0.15) is 96.9 Å². The summed E-state index contributed by atoms with van der Waals surface area (Å²) in [4.78, 5) is 12.1. The first kappa shape index (κ1) is 27.0. The molecule has 0 fully saturated rings. The van der Waals surface area contributed by atoms with Crippen LogP contribution in [-0.2, 0) is 10.2 Å². The number of aryl methyl sites for hydroxylation is 2. The number of esters is 1. The van der Waals surface area contributed by atoms with Crippen LogP contribution in [0.3, 0.4) is 0 Å². The summed E-state index contributed by atoms with van der Waals surface area (Å²) < 4.78 is 11.7. The highest BCUT2D eigenvalue weighted by Gasteiger charge is 2.32. The summed E-state index contributed by atoms with van der Waals surface area (Å²) in [6, 6.07) is 12.6. The number of hydrogen-bond acceptors (Lipinski definition) is 3. The summed E-state index contributed by atoms with van der Waals surface area (Å²) >= 11 is 0. The number of hydrogen-bond donors (Lipinski definition) is 0. The molecule has 33 heavy (non-hydrogen) atoms. The third-order valence-electron chi connectivity index (χ3n) is 6.53. The fourth-order valence-electron chi connectivity index (χ4n) is 4.38. The van der Waals surface area contributed by atoms with Crippen LogP contribution in [0.15, 0.2) is 36.4 Å². The van der Waals surface area contributed by atoms with Crippen molar-refractivity contribution in [1.82, 2.24) is 0 Å². The van der Waals surface area contributed by atoms with Crippen molar-refractivity contribution in [3.05, 3.63) is 58.7 Å². The summed E-state index contributed by atoms with van der Waals surface area (Å²) in [5, 5.41) is 0. The lowest BCUT2D eigenvalue weighted by atomic mass is 9.69. The molecular weight excluding hydrogens is 408 g/mol. The summed E-state index contributed by atoms with van der Waals surface area (Å²) in [6.45, 7) is 21.2. The molecule has 0 radical (unpaired) electrons. The highest BCUT2D eigenvalue weighted by atomic mass is 16.5. The van der Waals surface area contributed by atoms with Crippen molar-refractivity contribution < 1.29 is 14.3 Å². The van der Waals surface area contributed by atoms with Gasteiger partial charge in [0.15, 0.2) is 0 Å². The second-order valence-corrected chi connectivity index (χ2v) is 11.1. The molecule has 0 aliphatic heterocycles. The molecule has 0 aromatic heterocycles. The van der Waals surface area contributed by atoms with Gasteiger partial charge in [0.1, 0.15) is 17.1 Å². The van der Waals surface area contributed by atoms with Crippen LogP contribution in [0, 0.1) is 25.7 Å². The third-order valence-corrected chi connectivity index (χ3v) is 6.53. The largest absolute Gasteiger partial charge is 0.488 e. The number of benzene rings is 2. The SMILES string of the molecule is CCC(C)CCC(C)(c1ccc(OC(=O)C(C)C)cc1C)c1ccc(OC(C)(C)C)cc1C. The van der Waals surface area contributed by atoms with Crippen LogP contribution in [0.25, 0.3) is 0 Å². The van der Waals surface area contributed by atoms with Gasteiger partial charge >= 0.3 is 5.97 Å². The van der Waals surface area contributed by atoms with E-state index in [4.69, 9.17) is 9.47 Å². The van der Waals surface area contributed by atoms with Crippen LogP contribution in [0.5, 0.6) is 11.5 Å². The van der Waals surface area contributed by atoms with Gasteiger partial charge in [0.25, 0.3) is 0 Å². The molecule has 0 N–H and O–H groups in total. The minimum atomic E-state index is -0.229. The van der Waals surface area contributed by atoms with Crippen molar-refractivity contribution in [1.29, 1.82) is 0 Å². The van der Waals surface area contributed by atoms with Crippen LogP contribution in [-0.4, -0.2) is 11.6 Å². The maximum Gasteiger partial charge on any atom is 0.313 e. The average Bonchev–Trinajstić information content (AvgIpc) is 2.70. The fourth-order valence-corrected chi connectivity index (χ4v) is 4.38. The number of ether oxygens (including phenoxy) is 2. The molecule has 2 aromatic rings. The Labute approximate surface area is 201 Å². The van der Waals surface area contributed by atoms with Gasteiger partial charge in [-0.3, -0.25) is 4.79 Å². The van der Waals surface area contributed by atoms with E-state index < -0.39 is 0 Å². The zero-order chi connectivity index (χ0) is 25.0. The van der Waals surface area contributed by atoms with Gasteiger partial charge in [-0.2, -0.15) is 0 Å². The zero-order valence-electron chi connectivity index (χ0n) is 22.5. The summed E-state index contributed by atoms with van der Waals surface area (Å²) in [5.74, 6) is 1.83. The molecule has 2 rings (SSSR count). The van der Waals surface area contributed by atoms with E-state index in [1.165, 1.54) is 23.1 Å². The molecule has 0 aliphatic rings. The quantitative estimate of drug-likeness (QED) is 0.284. The van der Waals surface area contributed by atoms with Gasteiger partial charge in [-0.1, -0.05) is 53.2 Å². The van der Waals surface area contributed by atoms with Gasteiger partial charge < -0.3 is 9.47 Å². The van der Waals surface area contributed by atoms with E-state index >= 15 is 0 Å². The first-order chi connectivity index (χ1) is 15.3. The summed E-state index contributed by atoms with van der Waals surface area (Å²) in [6.07, 6.45) is 3.38. The van der Waals surface area contributed by atoms with E-state index in [1.54, 1.807) is 0 Å². The van der Waals surface area contributed by atoms with Crippen molar-refractivity contribution in [3.8, 4) is 11.5 Å². The molecule has 0 aliphatic carbocycles. The Balaban J connectivity index is 2.51. The van der Waals surface area contributed by atoms with Crippen molar-refractivity contribution in [3.63, 3.8) is 0 Å². The predicted octanol–water partition coefficient (Wildman–Crippen LogP) is 8.17. The minimum Gasteiger partial charge on any atom is -0.488 e. The predicted molar refractivity (Wildman–Crippen MR) is 138 cm³/mol. The molecule has 0 heterocycles. The van der Waals surface area contributed by atoms with E-state index in [9.17, 15) is 4.79 Å². The molecular formula is C30H44O3. The maximum absolute atomic E-state index is 12.1. The molecule has 2 unspecified atom stereocenters. The van der Waals surface area contributed by atoms with E-state index in [0.717, 1.165) is 24.2 Å². The molecule has 3 heteroatoms. The van der Waals surface area contributed by atoms with Gasteiger partial charge in [-0.05, 0) is 99.9 Å². The van der Waals surface area contributed by atoms with Crippen molar-refractivity contribution >= 4 is 5.97 Å². The normalized spacial score (nSPS) is 14.6.